The Kier molecular flexibility index (Phi) is 4.30. The van der Waals surface area contributed by atoms with Crippen molar-refractivity contribution in [1.29, 1.82) is 0 Å². The fraction of sp³-hybridized carbons (Fsp3) is 0.810. The van der Waals surface area contributed by atoms with Crippen molar-refractivity contribution in [1.82, 2.24) is 0 Å². The Morgan fingerprint density at radius 1 is 1.35 bits per heavy atom. The number of ether oxygens (including phenoxy) is 1. The second kappa shape index (κ2) is 6.05. The van der Waals surface area contributed by atoms with Gasteiger partial charge in [-0.25, -0.2) is 4.39 Å². The summed E-state index contributed by atoms with van der Waals surface area (Å²) in [7, 11) is 0. The van der Waals surface area contributed by atoms with Crippen LogP contribution in [0.25, 0.3) is 0 Å². The quantitative estimate of drug-likeness (QED) is 0.491. The van der Waals surface area contributed by atoms with Gasteiger partial charge in [0.1, 0.15) is 12.3 Å². The highest BCUT2D eigenvalue weighted by atomic mass is 35.5. The average molecular weight is 383 g/mol. The molecule has 8 atom stereocenters. The van der Waals surface area contributed by atoms with E-state index in [0.717, 1.165) is 18.4 Å². The normalized spacial score (nSPS) is 50.3. The maximum absolute atomic E-state index is 15.7. The van der Waals surface area contributed by atoms with Crippen LogP contribution in [0, 0.1) is 28.6 Å². The molecule has 4 rings (SSSR count). The highest BCUT2D eigenvalue weighted by molar-refractivity contribution is 6.23. The maximum Gasteiger partial charge on any atom is 0.302 e. The van der Waals surface area contributed by atoms with E-state index < -0.39 is 6.17 Å². The van der Waals surface area contributed by atoms with Gasteiger partial charge in [-0.1, -0.05) is 13.8 Å². The van der Waals surface area contributed by atoms with Crippen LogP contribution in [0.4, 0.5) is 4.39 Å². The maximum atomic E-state index is 15.7. The predicted octanol–water partition coefficient (Wildman–Crippen LogP) is 4.62. The van der Waals surface area contributed by atoms with Crippen molar-refractivity contribution in [2.24, 2.45) is 28.6 Å². The number of alkyl halides is 2. The molecule has 0 aromatic carbocycles. The molecule has 0 aromatic rings. The van der Waals surface area contributed by atoms with E-state index in [1.165, 1.54) is 6.92 Å². The van der Waals surface area contributed by atoms with Crippen LogP contribution < -0.4 is 0 Å². The smallest absolute Gasteiger partial charge is 0.302 e. The van der Waals surface area contributed by atoms with Crippen molar-refractivity contribution in [2.45, 2.75) is 76.9 Å². The second-order valence-electron chi connectivity index (χ2n) is 9.38. The molecule has 4 aliphatic rings. The van der Waals surface area contributed by atoms with Gasteiger partial charge >= 0.3 is 5.97 Å². The molecular formula is C21H28ClFO3. The molecule has 0 N–H and O–H groups in total. The number of fused-ring (bicyclic) bond motifs is 5. The molecule has 0 unspecified atom stereocenters. The first-order chi connectivity index (χ1) is 12.2. The van der Waals surface area contributed by atoms with Crippen molar-refractivity contribution in [3.63, 3.8) is 0 Å². The fourth-order valence-corrected chi connectivity index (χ4v) is 7.49. The van der Waals surface area contributed by atoms with Gasteiger partial charge in [0.25, 0.3) is 0 Å². The van der Waals surface area contributed by atoms with Crippen LogP contribution in [-0.4, -0.2) is 29.4 Å². The van der Waals surface area contributed by atoms with Crippen molar-refractivity contribution in [3.8, 4) is 0 Å². The zero-order chi connectivity index (χ0) is 18.9. The summed E-state index contributed by atoms with van der Waals surface area (Å²) in [4.78, 5) is 23.5. The summed E-state index contributed by atoms with van der Waals surface area (Å²) in [5, 5.41) is -0.201. The Balaban J connectivity index is 1.71. The third-order valence-corrected chi connectivity index (χ3v) is 8.47. The number of allylic oxidation sites excluding steroid dienone is 1. The zero-order valence-electron chi connectivity index (χ0n) is 15.8. The Bertz CT molecular complexity index is 676. The summed E-state index contributed by atoms with van der Waals surface area (Å²) < 4.78 is 21.2. The Labute approximate surface area is 159 Å². The van der Waals surface area contributed by atoms with Crippen LogP contribution in [0.2, 0.25) is 0 Å². The first-order valence-electron chi connectivity index (χ1n) is 9.87. The molecule has 5 heteroatoms. The van der Waals surface area contributed by atoms with Crippen LogP contribution in [0.15, 0.2) is 11.6 Å². The number of esters is 1. The largest absolute Gasteiger partial charge is 0.462 e. The number of rotatable bonds is 1. The van der Waals surface area contributed by atoms with E-state index in [1.54, 1.807) is 6.08 Å². The van der Waals surface area contributed by atoms with E-state index in [1.807, 2.05) is 0 Å². The summed E-state index contributed by atoms with van der Waals surface area (Å²) in [6.07, 6.45) is 4.64. The number of hydrogen-bond donors (Lipinski definition) is 0. The lowest BCUT2D eigenvalue weighted by Gasteiger charge is -2.59. The highest BCUT2D eigenvalue weighted by Gasteiger charge is 2.64. The molecule has 144 valence electrons. The molecule has 0 aliphatic heterocycles. The molecule has 3 saturated carbocycles. The SMILES string of the molecule is CC(=O)O[C@H]1CC[C@H]2[C@@H]3C[C@@H](Cl)C4=CC(=O)CC[C@]4(C)[C@H]3[C@@H](F)C[C@]12C. The van der Waals surface area contributed by atoms with Crippen LogP contribution in [-0.2, 0) is 14.3 Å². The molecule has 3 fully saturated rings. The summed E-state index contributed by atoms with van der Waals surface area (Å²) in [6, 6.07) is 0. The van der Waals surface area contributed by atoms with Gasteiger partial charge in [0, 0.05) is 24.7 Å². The Morgan fingerprint density at radius 2 is 2.08 bits per heavy atom. The van der Waals surface area contributed by atoms with E-state index in [2.05, 4.69) is 13.8 Å². The van der Waals surface area contributed by atoms with Crippen LogP contribution in [0.3, 0.4) is 0 Å². The first kappa shape index (κ1) is 18.5. The van der Waals surface area contributed by atoms with Gasteiger partial charge in [-0.3, -0.25) is 9.59 Å². The summed E-state index contributed by atoms with van der Waals surface area (Å²) in [6.45, 7) is 5.65. The number of carbonyl (C=O) groups is 2. The lowest BCUT2D eigenvalue weighted by atomic mass is 9.46. The van der Waals surface area contributed by atoms with Crippen LogP contribution >= 0.6 is 11.6 Å². The lowest BCUT2D eigenvalue weighted by Crippen LogP contribution is -2.58. The van der Waals surface area contributed by atoms with Crippen molar-refractivity contribution in [3.05, 3.63) is 11.6 Å². The van der Waals surface area contributed by atoms with E-state index in [9.17, 15) is 9.59 Å². The summed E-state index contributed by atoms with van der Waals surface area (Å²) >= 11 is 6.74. The number of ketones is 1. The molecule has 0 radical (unpaired) electrons. The van der Waals surface area contributed by atoms with E-state index in [-0.39, 0.29) is 45.9 Å². The van der Waals surface area contributed by atoms with Gasteiger partial charge in [0.05, 0.1) is 5.38 Å². The predicted molar refractivity (Wildman–Crippen MR) is 97.6 cm³/mol. The summed E-state index contributed by atoms with van der Waals surface area (Å²) in [5.74, 6) is 0.249. The van der Waals surface area contributed by atoms with Crippen LogP contribution in [0.1, 0.15) is 59.3 Å². The third-order valence-electron chi connectivity index (χ3n) is 8.05. The van der Waals surface area contributed by atoms with Gasteiger partial charge in [0.15, 0.2) is 5.78 Å². The molecule has 0 heterocycles. The third kappa shape index (κ3) is 2.51. The van der Waals surface area contributed by atoms with E-state index in [0.29, 0.717) is 31.6 Å². The standard InChI is InChI=1S/C21H28ClFO3/c1-11(24)26-18-5-4-14-13-9-16(22)15-8-12(25)6-7-20(15,2)19(13)17(23)10-21(14,18)3/h8,13-14,16-19H,4-7,9-10H2,1-3H3/t13-,14-,16+,17-,18-,19+,20-,21-/m0/s1. The summed E-state index contributed by atoms with van der Waals surface area (Å²) in [5.41, 5.74) is 0.312. The molecule has 0 aromatic heterocycles. The molecule has 0 bridgehead atoms. The minimum absolute atomic E-state index is 0.0917. The molecule has 26 heavy (non-hydrogen) atoms. The second-order valence-corrected chi connectivity index (χ2v) is 9.91. The number of halogens is 2. The molecule has 3 nitrogen and oxygen atoms in total. The average Bonchev–Trinajstić information content (AvgIpc) is 2.84. The van der Waals surface area contributed by atoms with Gasteiger partial charge in [-0.05, 0) is 61.0 Å². The molecule has 0 amide bonds. The molecular weight excluding hydrogens is 355 g/mol. The van der Waals surface area contributed by atoms with Gasteiger partial charge in [-0.15, -0.1) is 11.6 Å². The van der Waals surface area contributed by atoms with Crippen molar-refractivity contribution >= 4 is 23.4 Å². The fourth-order valence-electron chi connectivity index (χ4n) is 6.97. The van der Waals surface area contributed by atoms with Crippen LogP contribution in [0.5, 0.6) is 0 Å². The minimum atomic E-state index is -0.955. The number of carbonyl (C=O) groups excluding carboxylic acids is 2. The Morgan fingerprint density at radius 3 is 2.77 bits per heavy atom. The first-order valence-corrected chi connectivity index (χ1v) is 10.3. The molecule has 0 saturated heterocycles. The van der Waals surface area contributed by atoms with Gasteiger partial charge in [-0.2, -0.15) is 0 Å². The Hall–Kier alpha value is -0.900. The van der Waals surface area contributed by atoms with Crippen molar-refractivity contribution in [2.75, 3.05) is 0 Å². The number of hydrogen-bond acceptors (Lipinski definition) is 3. The topological polar surface area (TPSA) is 43.4 Å². The monoisotopic (exact) mass is 382 g/mol. The highest BCUT2D eigenvalue weighted by Crippen LogP contribution is 2.66. The minimum Gasteiger partial charge on any atom is -0.462 e. The van der Waals surface area contributed by atoms with Gasteiger partial charge < -0.3 is 4.74 Å². The zero-order valence-corrected chi connectivity index (χ0v) is 16.5. The van der Waals surface area contributed by atoms with E-state index >= 15 is 4.39 Å². The molecule has 0 spiro atoms. The van der Waals surface area contributed by atoms with Gasteiger partial charge in [0.2, 0.25) is 0 Å². The lowest BCUT2D eigenvalue weighted by molar-refractivity contribution is -0.162. The molecule has 4 aliphatic carbocycles. The van der Waals surface area contributed by atoms with Crippen molar-refractivity contribution < 1.29 is 18.7 Å². The van der Waals surface area contributed by atoms with E-state index in [4.69, 9.17) is 16.3 Å².